The zero-order valence-electron chi connectivity index (χ0n) is 18.1. The highest BCUT2D eigenvalue weighted by Crippen LogP contribution is 2.32. The van der Waals surface area contributed by atoms with Crippen LogP contribution in [0.2, 0.25) is 0 Å². The number of halogens is 1. The summed E-state index contributed by atoms with van der Waals surface area (Å²) in [5.41, 5.74) is 1.54. The molecule has 0 saturated carbocycles. The van der Waals surface area contributed by atoms with Crippen molar-refractivity contribution in [3.05, 3.63) is 70.1 Å². The molecule has 0 unspecified atom stereocenters. The number of nitrogens with zero attached hydrogens (tertiary/aromatic N) is 4. The molecule has 6 nitrogen and oxygen atoms in total. The molecule has 0 aliphatic heterocycles. The molecule has 3 rings (SSSR count). The number of methoxy groups -OCH3 is 1. The lowest BCUT2D eigenvalue weighted by Gasteiger charge is -2.23. The van der Waals surface area contributed by atoms with Gasteiger partial charge in [-0.15, -0.1) is 0 Å². The summed E-state index contributed by atoms with van der Waals surface area (Å²) in [5.74, 6) is 0.523. The fourth-order valence-corrected chi connectivity index (χ4v) is 3.40. The molecule has 0 fully saturated rings. The summed E-state index contributed by atoms with van der Waals surface area (Å²) < 4.78 is 21.2. The summed E-state index contributed by atoms with van der Waals surface area (Å²) in [6.45, 7) is 9.93. The summed E-state index contributed by atoms with van der Waals surface area (Å²) in [6.07, 6.45) is 1.97. The van der Waals surface area contributed by atoms with E-state index in [2.05, 4.69) is 11.8 Å². The molecule has 2 aromatic carbocycles. The van der Waals surface area contributed by atoms with Crippen molar-refractivity contribution in [3.63, 3.8) is 0 Å². The lowest BCUT2D eigenvalue weighted by molar-refractivity contribution is 0.415. The lowest BCUT2D eigenvalue weighted by Crippen LogP contribution is -2.31. The first-order valence-corrected chi connectivity index (χ1v) is 10.0. The van der Waals surface area contributed by atoms with Gasteiger partial charge in [-0.25, -0.2) is 14.2 Å². The molecule has 0 amide bonds. The lowest BCUT2D eigenvalue weighted by atomic mass is 10.00. The van der Waals surface area contributed by atoms with Gasteiger partial charge in [-0.1, -0.05) is 37.6 Å². The summed E-state index contributed by atoms with van der Waals surface area (Å²) in [4.78, 5) is 23.3. The second kappa shape index (κ2) is 9.43. The van der Waals surface area contributed by atoms with Gasteiger partial charge in [0.2, 0.25) is 11.6 Å². The molecule has 0 bridgehead atoms. The van der Waals surface area contributed by atoms with Crippen LogP contribution in [-0.4, -0.2) is 30.3 Å². The fraction of sp³-hybridized carbons (Fsp3) is 0.292. The van der Waals surface area contributed by atoms with Gasteiger partial charge in [0.15, 0.2) is 0 Å². The normalized spacial score (nSPS) is 10.6. The number of ether oxygens (including phenoxy) is 1. The predicted octanol–water partition coefficient (Wildman–Crippen LogP) is 5.05. The predicted molar refractivity (Wildman–Crippen MR) is 121 cm³/mol. The van der Waals surface area contributed by atoms with Crippen LogP contribution in [0, 0.1) is 12.4 Å². The molecular formula is C24H25FN4O2. The van der Waals surface area contributed by atoms with E-state index in [0.29, 0.717) is 34.1 Å². The van der Waals surface area contributed by atoms with Crippen molar-refractivity contribution < 1.29 is 9.13 Å². The van der Waals surface area contributed by atoms with Crippen LogP contribution in [0.4, 0.5) is 16.0 Å². The minimum atomic E-state index is -0.642. The van der Waals surface area contributed by atoms with E-state index in [-0.39, 0.29) is 11.2 Å². The number of benzene rings is 2. The molecule has 7 heteroatoms. The van der Waals surface area contributed by atoms with Gasteiger partial charge in [0.1, 0.15) is 11.6 Å². The zero-order chi connectivity index (χ0) is 22.5. The first-order chi connectivity index (χ1) is 14.9. The number of hydrogen-bond acceptors (Lipinski definition) is 4. The quantitative estimate of drug-likeness (QED) is 0.502. The van der Waals surface area contributed by atoms with Crippen molar-refractivity contribution in [2.24, 2.45) is 7.05 Å². The molecule has 0 atom stereocenters. The maximum atomic E-state index is 14.4. The van der Waals surface area contributed by atoms with Gasteiger partial charge < -0.3 is 9.64 Å². The SMILES string of the molecule is [C-]#[N+]c1ccc(-c2nc(N(C)CCCC)n(C)c(=O)c2-c2ccc(OC)cc2)cc1F. The van der Waals surface area contributed by atoms with Crippen LogP contribution in [0.25, 0.3) is 27.2 Å². The van der Waals surface area contributed by atoms with E-state index in [1.54, 1.807) is 44.5 Å². The van der Waals surface area contributed by atoms with Crippen LogP contribution in [0.15, 0.2) is 47.3 Å². The Morgan fingerprint density at radius 1 is 1.19 bits per heavy atom. The summed E-state index contributed by atoms with van der Waals surface area (Å²) in [5, 5.41) is 0. The van der Waals surface area contributed by atoms with E-state index in [1.165, 1.54) is 16.7 Å². The molecule has 0 aliphatic rings. The van der Waals surface area contributed by atoms with E-state index in [0.717, 1.165) is 19.4 Å². The smallest absolute Gasteiger partial charge is 0.263 e. The van der Waals surface area contributed by atoms with Crippen molar-refractivity contribution in [3.8, 4) is 28.1 Å². The topological polar surface area (TPSA) is 51.7 Å². The first-order valence-electron chi connectivity index (χ1n) is 10.0. The maximum Gasteiger partial charge on any atom is 0.263 e. The molecule has 1 heterocycles. The van der Waals surface area contributed by atoms with Crippen molar-refractivity contribution >= 4 is 11.6 Å². The van der Waals surface area contributed by atoms with Crippen molar-refractivity contribution in [1.29, 1.82) is 0 Å². The molecule has 3 aromatic rings. The van der Waals surface area contributed by atoms with Crippen LogP contribution < -0.4 is 15.2 Å². The van der Waals surface area contributed by atoms with E-state index >= 15 is 0 Å². The van der Waals surface area contributed by atoms with Gasteiger partial charge in [-0.3, -0.25) is 9.36 Å². The Balaban J connectivity index is 2.28. The van der Waals surface area contributed by atoms with Gasteiger partial charge in [-0.05, 0) is 30.2 Å². The number of unbranched alkanes of at least 4 members (excludes halogenated alkanes) is 1. The van der Waals surface area contributed by atoms with E-state index in [4.69, 9.17) is 16.3 Å². The van der Waals surface area contributed by atoms with Crippen molar-refractivity contribution in [2.45, 2.75) is 19.8 Å². The molecule has 0 spiro atoms. The Labute approximate surface area is 181 Å². The zero-order valence-corrected chi connectivity index (χ0v) is 18.1. The highest BCUT2D eigenvalue weighted by molar-refractivity contribution is 5.82. The maximum absolute atomic E-state index is 14.4. The van der Waals surface area contributed by atoms with Crippen LogP contribution in [-0.2, 0) is 7.05 Å². The Morgan fingerprint density at radius 2 is 1.87 bits per heavy atom. The Bertz CT molecular complexity index is 1180. The molecule has 0 saturated heterocycles. The summed E-state index contributed by atoms with van der Waals surface area (Å²) >= 11 is 0. The minimum absolute atomic E-state index is 0.0705. The highest BCUT2D eigenvalue weighted by Gasteiger charge is 2.20. The van der Waals surface area contributed by atoms with Crippen LogP contribution >= 0.6 is 0 Å². The van der Waals surface area contributed by atoms with Gasteiger partial charge >= 0.3 is 0 Å². The summed E-state index contributed by atoms with van der Waals surface area (Å²) in [6, 6.07) is 11.4. The number of rotatable bonds is 7. The minimum Gasteiger partial charge on any atom is -0.497 e. The molecular weight excluding hydrogens is 395 g/mol. The van der Waals surface area contributed by atoms with Crippen LogP contribution in [0.3, 0.4) is 0 Å². The van der Waals surface area contributed by atoms with Gasteiger partial charge in [0.05, 0.1) is 24.9 Å². The molecule has 160 valence electrons. The van der Waals surface area contributed by atoms with E-state index in [9.17, 15) is 9.18 Å². The largest absolute Gasteiger partial charge is 0.497 e. The Kier molecular flexibility index (Phi) is 6.71. The average molecular weight is 420 g/mol. The molecule has 0 aliphatic carbocycles. The van der Waals surface area contributed by atoms with E-state index in [1.807, 2.05) is 11.9 Å². The molecule has 31 heavy (non-hydrogen) atoms. The second-order valence-corrected chi connectivity index (χ2v) is 7.28. The fourth-order valence-electron chi connectivity index (χ4n) is 3.40. The first kappa shape index (κ1) is 22.0. The van der Waals surface area contributed by atoms with Gasteiger partial charge in [-0.2, -0.15) is 0 Å². The van der Waals surface area contributed by atoms with Crippen molar-refractivity contribution in [1.82, 2.24) is 9.55 Å². The third-order valence-electron chi connectivity index (χ3n) is 5.18. The van der Waals surface area contributed by atoms with Gasteiger partial charge in [0.25, 0.3) is 5.56 Å². The van der Waals surface area contributed by atoms with Gasteiger partial charge in [0, 0.05) is 26.2 Å². The van der Waals surface area contributed by atoms with Crippen LogP contribution in [0.1, 0.15) is 19.8 Å². The number of anilines is 1. The second-order valence-electron chi connectivity index (χ2n) is 7.28. The van der Waals surface area contributed by atoms with E-state index < -0.39 is 5.82 Å². The number of hydrogen-bond donors (Lipinski definition) is 0. The average Bonchev–Trinajstić information content (AvgIpc) is 2.79. The Morgan fingerprint density at radius 3 is 2.45 bits per heavy atom. The summed E-state index contributed by atoms with van der Waals surface area (Å²) in [7, 11) is 5.15. The standard InChI is InChI=1S/C24H25FN4O2/c1-6-7-14-28(3)24-27-22(17-10-13-20(26-2)19(25)15-17)21(23(30)29(24)4)16-8-11-18(31-5)12-9-16/h8-13,15H,6-7,14H2,1,3-5H3. The molecule has 0 radical (unpaired) electrons. The highest BCUT2D eigenvalue weighted by atomic mass is 19.1. The number of aromatic nitrogens is 2. The molecule has 1 aromatic heterocycles. The Hall–Kier alpha value is -3.66. The monoisotopic (exact) mass is 420 g/mol. The molecule has 0 N–H and O–H groups in total. The van der Waals surface area contributed by atoms with Crippen LogP contribution in [0.5, 0.6) is 5.75 Å². The third-order valence-corrected chi connectivity index (χ3v) is 5.18. The van der Waals surface area contributed by atoms with Crippen molar-refractivity contribution in [2.75, 3.05) is 25.6 Å². The third kappa shape index (κ3) is 4.43.